The Bertz CT molecular complexity index is 1010. The zero-order chi connectivity index (χ0) is 26.1. The van der Waals surface area contributed by atoms with E-state index < -0.39 is 35.5 Å². The van der Waals surface area contributed by atoms with E-state index in [4.69, 9.17) is 9.84 Å². The molecule has 2 N–H and O–H groups in total. The lowest BCUT2D eigenvalue weighted by Crippen LogP contribution is -2.55. The number of carbonyl (C=O) groups excluding carboxylic acids is 1. The van der Waals surface area contributed by atoms with Gasteiger partial charge in [-0.1, -0.05) is 6.07 Å². The molecule has 11 heteroatoms. The molecule has 36 heavy (non-hydrogen) atoms. The van der Waals surface area contributed by atoms with Crippen LogP contribution in [0.25, 0.3) is 0 Å². The third-order valence-corrected chi connectivity index (χ3v) is 7.47. The van der Waals surface area contributed by atoms with Gasteiger partial charge in [0.1, 0.15) is 11.8 Å². The Kier molecular flexibility index (Phi) is 7.63. The van der Waals surface area contributed by atoms with E-state index in [2.05, 4.69) is 4.90 Å². The maximum absolute atomic E-state index is 13.1. The fraction of sp³-hybridized carbons (Fsp3) is 0.600. The van der Waals surface area contributed by atoms with Gasteiger partial charge in [-0.2, -0.15) is 13.2 Å². The first-order chi connectivity index (χ1) is 17.0. The molecule has 3 aliphatic rings. The number of piperazine rings is 1. The number of alkyl halides is 3. The molecule has 0 radical (unpaired) electrons. The van der Waals surface area contributed by atoms with Gasteiger partial charge in [-0.3, -0.25) is 9.69 Å². The Morgan fingerprint density at radius 1 is 1.14 bits per heavy atom. The number of nitrogens with zero attached hydrogens (tertiary/aromatic N) is 3. The zero-order valence-electron chi connectivity index (χ0n) is 20.3. The third-order valence-electron chi connectivity index (χ3n) is 7.47. The molecule has 2 saturated heterocycles. The molecule has 1 aromatic rings. The van der Waals surface area contributed by atoms with Gasteiger partial charge in [0, 0.05) is 75.4 Å². The molecule has 0 bridgehead atoms. The lowest BCUT2D eigenvalue weighted by atomic mass is 9.82. The first-order valence-electron chi connectivity index (χ1n) is 12.2. The Morgan fingerprint density at radius 3 is 2.42 bits per heavy atom. The number of carboxylic acids is 1. The molecule has 1 unspecified atom stereocenters. The summed E-state index contributed by atoms with van der Waals surface area (Å²) in [7, 11) is 0. The van der Waals surface area contributed by atoms with Crippen LogP contribution in [0.3, 0.4) is 0 Å². The second kappa shape index (κ2) is 10.4. The standard InChI is InChI=1S/C25H32F3N3O5/c1-17-21(24(36-23(17)35)7-10-29(11-8-24)9-3-6-20(32)33)22(34)31-14-12-30(13-15-31)19-5-2-4-18(16-19)25(26,27)28/h2,4-5,16,22,34H,3,6-15H2,1H3,(H,32,33). The number of carboxylic acid groups (broad SMARTS) is 1. The average molecular weight is 512 g/mol. The van der Waals surface area contributed by atoms with Crippen molar-refractivity contribution in [2.75, 3.05) is 50.7 Å². The number of aliphatic carboxylic acids is 1. The minimum Gasteiger partial charge on any atom is -0.481 e. The first-order valence-corrected chi connectivity index (χ1v) is 12.2. The molecule has 8 nitrogen and oxygen atoms in total. The summed E-state index contributed by atoms with van der Waals surface area (Å²) in [6, 6.07) is 5.23. The van der Waals surface area contributed by atoms with Crippen molar-refractivity contribution in [3.63, 3.8) is 0 Å². The molecule has 0 aromatic heterocycles. The van der Waals surface area contributed by atoms with Crippen LogP contribution in [0.5, 0.6) is 0 Å². The lowest BCUT2D eigenvalue weighted by molar-refractivity contribution is -0.152. The number of hydrogen-bond donors (Lipinski definition) is 2. The summed E-state index contributed by atoms with van der Waals surface area (Å²) in [6.07, 6.45) is -3.76. The number of rotatable bonds is 7. The minimum absolute atomic E-state index is 0.103. The van der Waals surface area contributed by atoms with Crippen molar-refractivity contribution in [2.24, 2.45) is 0 Å². The Hall–Kier alpha value is -2.63. The summed E-state index contributed by atoms with van der Waals surface area (Å²) in [5.74, 6) is -1.27. The fourth-order valence-corrected chi connectivity index (χ4v) is 5.44. The highest BCUT2D eigenvalue weighted by atomic mass is 19.4. The lowest BCUT2D eigenvalue weighted by Gasteiger charge is -2.44. The zero-order valence-corrected chi connectivity index (χ0v) is 20.3. The van der Waals surface area contributed by atoms with E-state index in [9.17, 15) is 27.9 Å². The predicted molar refractivity (Wildman–Crippen MR) is 125 cm³/mol. The van der Waals surface area contributed by atoms with Gasteiger partial charge in [0.25, 0.3) is 0 Å². The van der Waals surface area contributed by atoms with Gasteiger partial charge in [0.05, 0.1) is 5.56 Å². The third kappa shape index (κ3) is 5.52. The predicted octanol–water partition coefficient (Wildman–Crippen LogP) is 2.72. The number of ether oxygens (including phenoxy) is 1. The average Bonchev–Trinajstić information content (AvgIpc) is 3.08. The van der Waals surface area contributed by atoms with E-state index in [-0.39, 0.29) is 6.42 Å². The van der Waals surface area contributed by atoms with E-state index in [1.54, 1.807) is 13.0 Å². The summed E-state index contributed by atoms with van der Waals surface area (Å²) in [4.78, 5) is 29.2. The van der Waals surface area contributed by atoms with Crippen molar-refractivity contribution >= 4 is 17.6 Å². The van der Waals surface area contributed by atoms with Crippen molar-refractivity contribution in [3.05, 3.63) is 41.0 Å². The molecule has 0 amide bonds. The molecule has 1 spiro atoms. The first kappa shape index (κ1) is 26.4. The van der Waals surface area contributed by atoms with Gasteiger partial charge < -0.3 is 24.7 Å². The number of esters is 1. The van der Waals surface area contributed by atoms with Crippen LogP contribution in [0.15, 0.2) is 35.4 Å². The monoisotopic (exact) mass is 511 g/mol. The van der Waals surface area contributed by atoms with Gasteiger partial charge in [0.2, 0.25) is 0 Å². The van der Waals surface area contributed by atoms with Crippen LogP contribution in [0.4, 0.5) is 18.9 Å². The molecule has 1 atom stereocenters. The van der Waals surface area contributed by atoms with E-state index in [0.29, 0.717) is 81.9 Å². The number of benzene rings is 1. The van der Waals surface area contributed by atoms with E-state index in [1.807, 2.05) is 9.80 Å². The number of carbonyl (C=O) groups is 2. The summed E-state index contributed by atoms with van der Waals surface area (Å²) < 4.78 is 45.1. The largest absolute Gasteiger partial charge is 0.481 e. The highest BCUT2D eigenvalue weighted by Gasteiger charge is 2.51. The maximum atomic E-state index is 13.1. The number of halogens is 3. The smallest absolute Gasteiger partial charge is 0.416 e. The van der Waals surface area contributed by atoms with Crippen molar-refractivity contribution < 1.29 is 37.7 Å². The Morgan fingerprint density at radius 2 is 1.81 bits per heavy atom. The van der Waals surface area contributed by atoms with E-state index in [0.717, 1.165) is 12.1 Å². The van der Waals surface area contributed by atoms with Crippen LogP contribution in [0, 0.1) is 0 Å². The molecular weight excluding hydrogens is 479 g/mol. The molecule has 3 heterocycles. The maximum Gasteiger partial charge on any atom is 0.416 e. The summed E-state index contributed by atoms with van der Waals surface area (Å²) in [5.41, 5.74) is -0.115. The van der Waals surface area contributed by atoms with Gasteiger partial charge in [-0.15, -0.1) is 0 Å². The number of anilines is 1. The Balaban J connectivity index is 1.40. The molecule has 0 saturated carbocycles. The second-order valence-electron chi connectivity index (χ2n) is 9.71. The van der Waals surface area contributed by atoms with Gasteiger partial charge in [-0.05, 0) is 38.1 Å². The number of likely N-dealkylation sites (tertiary alicyclic amines) is 1. The van der Waals surface area contributed by atoms with Gasteiger partial charge in [-0.25, -0.2) is 4.79 Å². The second-order valence-corrected chi connectivity index (χ2v) is 9.71. The Labute approximate surface area is 207 Å². The molecule has 2 fully saturated rings. The summed E-state index contributed by atoms with van der Waals surface area (Å²) >= 11 is 0. The van der Waals surface area contributed by atoms with Crippen LogP contribution in [-0.4, -0.2) is 89.6 Å². The molecular formula is C25H32F3N3O5. The van der Waals surface area contributed by atoms with Crippen LogP contribution in [-0.2, 0) is 20.5 Å². The van der Waals surface area contributed by atoms with Crippen molar-refractivity contribution in [1.82, 2.24) is 9.80 Å². The van der Waals surface area contributed by atoms with Gasteiger partial charge >= 0.3 is 18.1 Å². The molecule has 3 aliphatic heterocycles. The number of hydrogen-bond acceptors (Lipinski definition) is 7. The molecule has 0 aliphatic carbocycles. The van der Waals surface area contributed by atoms with E-state index >= 15 is 0 Å². The summed E-state index contributed by atoms with van der Waals surface area (Å²) in [5, 5.41) is 20.2. The van der Waals surface area contributed by atoms with Crippen LogP contribution < -0.4 is 4.90 Å². The van der Waals surface area contributed by atoms with Crippen LogP contribution in [0.1, 0.15) is 38.2 Å². The van der Waals surface area contributed by atoms with Crippen molar-refractivity contribution in [3.8, 4) is 0 Å². The summed E-state index contributed by atoms with van der Waals surface area (Å²) in [6.45, 7) is 5.26. The minimum atomic E-state index is -4.41. The van der Waals surface area contributed by atoms with Gasteiger partial charge in [0.15, 0.2) is 0 Å². The fourth-order valence-electron chi connectivity index (χ4n) is 5.44. The SMILES string of the molecule is CC1=C(C(O)N2CCN(c3cccc(C(F)(F)F)c3)CC2)C2(CCN(CCCC(=O)O)CC2)OC1=O. The molecule has 198 valence electrons. The topological polar surface area (TPSA) is 93.6 Å². The molecule has 4 rings (SSSR count). The number of aliphatic hydroxyl groups excluding tert-OH is 1. The van der Waals surface area contributed by atoms with Crippen molar-refractivity contribution in [2.45, 2.75) is 50.6 Å². The quantitative estimate of drug-likeness (QED) is 0.540. The number of aliphatic hydroxyl groups is 1. The molecule has 1 aromatic carbocycles. The van der Waals surface area contributed by atoms with Crippen LogP contribution >= 0.6 is 0 Å². The van der Waals surface area contributed by atoms with Crippen LogP contribution in [0.2, 0.25) is 0 Å². The highest BCUT2D eigenvalue weighted by Crippen LogP contribution is 2.43. The number of piperidine rings is 1. The van der Waals surface area contributed by atoms with Crippen molar-refractivity contribution in [1.29, 1.82) is 0 Å². The van der Waals surface area contributed by atoms with E-state index in [1.165, 1.54) is 6.07 Å². The highest BCUT2D eigenvalue weighted by molar-refractivity contribution is 5.92. The normalized spacial score (nSPS) is 22.2.